The van der Waals surface area contributed by atoms with Gasteiger partial charge in [0.1, 0.15) is 9.84 Å². The summed E-state index contributed by atoms with van der Waals surface area (Å²) in [6.45, 7) is 7.08. The summed E-state index contributed by atoms with van der Waals surface area (Å²) in [7, 11) is -0.844. The van der Waals surface area contributed by atoms with Gasteiger partial charge in [0.25, 0.3) is 0 Å². The Balaban J connectivity index is 2.34. The Morgan fingerprint density at radius 1 is 1.39 bits per heavy atom. The van der Waals surface area contributed by atoms with Crippen molar-refractivity contribution in [2.45, 2.75) is 39.2 Å². The van der Waals surface area contributed by atoms with Gasteiger partial charge >= 0.3 is 0 Å². The summed E-state index contributed by atoms with van der Waals surface area (Å²) >= 11 is 0. The zero-order chi connectivity index (χ0) is 13.8. The van der Waals surface area contributed by atoms with E-state index in [0.717, 1.165) is 25.6 Å². The van der Waals surface area contributed by atoms with Crippen LogP contribution in [0.25, 0.3) is 0 Å². The van der Waals surface area contributed by atoms with Crippen molar-refractivity contribution in [2.24, 2.45) is 5.41 Å². The van der Waals surface area contributed by atoms with E-state index in [1.165, 1.54) is 19.1 Å². The van der Waals surface area contributed by atoms with E-state index in [4.69, 9.17) is 0 Å². The monoisotopic (exact) mass is 276 g/mol. The highest BCUT2D eigenvalue weighted by Crippen LogP contribution is 2.25. The molecule has 0 aromatic rings. The van der Waals surface area contributed by atoms with E-state index in [1.54, 1.807) is 0 Å². The molecule has 0 bridgehead atoms. The van der Waals surface area contributed by atoms with Crippen LogP contribution in [0.15, 0.2) is 0 Å². The number of nitrogens with zero attached hydrogens (tertiary/aromatic N) is 1. The normalized spacial score (nSPS) is 20.1. The van der Waals surface area contributed by atoms with Crippen molar-refractivity contribution in [3.8, 4) is 0 Å². The topological polar surface area (TPSA) is 49.4 Å². The molecule has 4 nitrogen and oxygen atoms in total. The van der Waals surface area contributed by atoms with Crippen molar-refractivity contribution in [1.29, 1.82) is 0 Å². The second kappa shape index (κ2) is 6.35. The van der Waals surface area contributed by atoms with Gasteiger partial charge in [-0.1, -0.05) is 13.8 Å². The molecule has 108 valence electrons. The molecule has 1 atom stereocenters. The number of hydrogen-bond donors (Lipinski definition) is 1. The molecule has 1 unspecified atom stereocenters. The first-order valence-electron chi connectivity index (χ1n) is 6.84. The predicted molar refractivity (Wildman–Crippen MR) is 76.6 cm³/mol. The SMILES string of the molecule is CCC(C)(CNC1CC1)CN(C)CCS(C)(=O)=O. The molecule has 1 N–H and O–H groups in total. The fourth-order valence-electron chi connectivity index (χ4n) is 2.02. The lowest BCUT2D eigenvalue weighted by Crippen LogP contribution is -2.42. The van der Waals surface area contributed by atoms with Crippen LogP contribution >= 0.6 is 0 Å². The smallest absolute Gasteiger partial charge is 0.148 e. The molecule has 5 heteroatoms. The highest BCUT2D eigenvalue weighted by atomic mass is 32.2. The summed E-state index contributed by atoms with van der Waals surface area (Å²) in [5.41, 5.74) is 0.231. The first-order chi connectivity index (χ1) is 8.24. The summed E-state index contributed by atoms with van der Waals surface area (Å²) in [4.78, 5) is 2.14. The van der Waals surface area contributed by atoms with E-state index in [0.29, 0.717) is 6.54 Å². The minimum atomic E-state index is -2.85. The third-order valence-corrected chi connectivity index (χ3v) is 4.67. The van der Waals surface area contributed by atoms with Crippen molar-refractivity contribution in [1.82, 2.24) is 10.2 Å². The summed E-state index contributed by atoms with van der Waals surface area (Å²) in [5.74, 6) is 0.249. The predicted octanol–water partition coefficient (Wildman–Crippen LogP) is 1.13. The van der Waals surface area contributed by atoms with Crippen molar-refractivity contribution in [2.75, 3.05) is 38.7 Å². The van der Waals surface area contributed by atoms with Crippen LogP contribution in [0.4, 0.5) is 0 Å². The van der Waals surface area contributed by atoms with Gasteiger partial charge in [0.2, 0.25) is 0 Å². The lowest BCUT2D eigenvalue weighted by Gasteiger charge is -2.33. The molecule has 0 saturated heterocycles. The molecule has 1 rings (SSSR count). The molecule has 1 fully saturated rings. The number of hydrogen-bond acceptors (Lipinski definition) is 4. The van der Waals surface area contributed by atoms with Crippen LogP contribution in [0.1, 0.15) is 33.1 Å². The molecule has 0 aromatic heterocycles. The van der Waals surface area contributed by atoms with Crippen molar-refractivity contribution >= 4 is 9.84 Å². The van der Waals surface area contributed by atoms with E-state index in [9.17, 15) is 8.42 Å². The molecule has 0 aliphatic heterocycles. The van der Waals surface area contributed by atoms with Gasteiger partial charge in [-0.15, -0.1) is 0 Å². The number of sulfone groups is 1. The van der Waals surface area contributed by atoms with E-state index in [-0.39, 0.29) is 11.2 Å². The highest BCUT2D eigenvalue weighted by molar-refractivity contribution is 7.90. The minimum Gasteiger partial charge on any atom is -0.313 e. The molecule has 0 amide bonds. The largest absolute Gasteiger partial charge is 0.313 e. The molecule has 1 aliphatic rings. The van der Waals surface area contributed by atoms with Gasteiger partial charge in [-0.3, -0.25) is 0 Å². The van der Waals surface area contributed by atoms with Gasteiger partial charge < -0.3 is 10.2 Å². The van der Waals surface area contributed by atoms with Gasteiger partial charge in [0, 0.05) is 31.9 Å². The third-order valence-electron chi connectivity index (χ3n) is 3.74. The fourth-order valence-corrected chi connectivity index (χ4v) is 2.67. The average Bonchev–Trinajstić information content (AvgIpc) is 3.07. The van der Waals surface area contributed by atoms with E-state index < -0.39 is 9.84 Å². The van der Waals surface area contributed by atoms with Gasteiger partial charge in [0.05, 0.1) is 5.75 Å². The van der Waals surface area contributed by atoms with Gasteiger partial charge in [0.15, 0.2) is 0 Å². The molecule has 1 saturated carbocycles. The van der Waals surface area contributed by atoms with Gasteiger partial charge in [-0.25, -0.2) is 8.42 Å². The Kier molecular flexibility index (Phi) is 5.62. The molecule has 0 heterocycles. The summed E-state index contributed by atoms with van der Waals surface area (Å²) in [6, 6.07) is 0.734. The molecule has 18 heavy (non-hydrogen) atoms. The molecule has 0 aromatic carbocycles. The van der Waals surface area contributed by atoms with E-state index in [2.05, 4.69) is 24.1 Å². The maximum Gasteiger partial charge on any atom is 0.148 e. The van der Waals surface area contributed by atoms with Crippen molar-refractivity contribution < 1.29 is 8.42 Å². The van der Waals surface area contributed by atoms with Crippen LogP contribution in [0.2, 0.25) is 0 Å². The summed E-state index contributed by atoms with van der Waals surface area (Å²) in [5, 5.41) is 3.58. The van der Waals surface area contributed by atoms with Gasteiger partial charge in [-0.2, -0.15) is 0 Å². The van der Waals surface area contributed by atoms with Crippen LogP contribution in [0.5, 0.6) is 0 Å². The lowest BCUT2D eigenvalue weighted by atomic mass is 9.87. The van der Waals surface area contributed by atoms with Crippen LogP contribution < -0.4 is 5.32 Å². The van der Waals surface area contributed by atoms with Crippen molar-refractivity contribution in [3.63, 3.8) is 0 Å². The zero-order valence-corrected chi connectivity index (χ0v) is 13.0. The second-order valence-electron chi connectivity index (χ2n) is 6.19. The third kappa shape index (κ3) is 6.71. The maximum absolute atomic E-state index is 11.2. The number of rotatable bonds is 9. The highest BCUT2D eigenvalue weighted by Gasteiger charge is 2.28. The standard InChI is InChI=1S/C13H28N2O2S/c1-5-13(2,10-14-12-6-7-12)11-15(3)8-9-18(4,16)17/h12,14H,5-11H2,1-4H3. The molecule has 0 radical (unpaired) electrons. The molecular formula is C13H28N2O2S. The Bertz CT molecular complexity index is 352. The fraction of sp³-hybridized carbons (Fsp3) is 1.00. The van der Waals surface area contributed by atoms with Crippen LogP contribution in [0, 0.1) is 5.41 Å². The van der Waals surface area contributed by atoms with Crippen LogP contribution in [-0.4, -0.2) is 58.1 Å². The van der Waals surface area contributed by atoms with Crippen LogP contribution in [0.3, 0.4) is 0 Å². The maximum atomic E-state index is 11.2. The van der Waals surface area contributed by atoms with Gasteiger partial charge in [-0.05, 0) is 31.7 Å². The van der Waals surface area contributed by atoms with E-state index >= 15 is 0 Å². The molecule has 0 spiro atoms. The molecule has 1 aliphatic carbocycles. The quantitative estimate of drug-likeness (QED) is 0.686. The summed E-state index contributed by atoms with van der Waals surface area (Å²) < 4.78 is 22.3. The molecular weight excluding hydrogens is 248 g/mol. The first kappa shape index (κ1) is 15.9. The Hall–Kier alpha value is -0.130. The van der Waals surface area contributed by atoms with E-state index in [1.807, 2.05) is 7.05 Å². The first-order valence-corrected chi connectivity index (χ1v) is 8.90. The zero-order valence-electron chi connectivity index (χ0n) is 12.2. The Morgan fingerprint density at radius 2 is 2.00 bits per heavy atom. The Labute approximate surface area is 112 Å². The Morgan fingerprint density at radius 3 is 2.44 bits per heavy atom. The average molecular weight is 276 g/mol. The second-order valence-corrected chi connectivity index (χ2v) is 8.45. The number of nitrogens with one attached hydrogen (secondary N) is 1. The van der Waals surface area contributed by atoms with Crippen LogP contribution in [-0.2, 0) is 9.84 Å². The minimum absolute atomic E-state index is 0.231. The van der Waals surface area contributed by atoms with Crippen molar-refractivity contribution in [3.05, 3.63) is 0 Å². The lowest BCUT2D eigenvalue weighted by molar-refractivity contribution is 0.186. The summed E-state index contributed by atoms with van der Waals surface area (Å²) in [6.07, 6.45) is 5.03.